The molecule has 5 heteroatoms. The van der Waals surface area contributed by atoms with E-state index >= 15 is 0 Å². The average molecular weight is 273 g/mol. The first-order valence-corrected chi connectivity index (χ1v) is 6.72. The second-order valence-electron chi connectivity index (χ2n) is 4.77. The maximum Gasteiger partial charge on any atom is 0.360 e. The number of benzene rings is 1. The number of hydrogen-bond acceptors (Lipinski definition) is 4. The lowest BCUT2D eigenvalue weighted by Gasteiger charge is -2.07. The van der Waals surface area contributed by atoms with Gasteiger partial charge in [0.2, 0.25) is 0 Å². The van der Waals surface area contributed by atoms with E-state index in [0.717, 1.165) is 24.1 Å². The van der Waals surface area contributed by atoms with Crippen LogP contribution in [0.1, 0.15) is 40.7 Å². The summed E-state index contributed by atoms with van der Waals surface area (Å²) in [6.07, 6.45) is 1.68. The van der Waals surface area contributed by atoms with Crippen LogP contribution in [0.2, 0.25) is 0 Å². The lowest BCUT2D eigenvalue weighted by Crippen LogP contribution is -2.10. The number of hydrogen-bond donors (Lipinski definition) is 0. The molecule has 20 heavy (non-hydrogen) atoms. The summed E-state index contributed by atoms with van der Waals surface area (Å²) in [6.45, 7) is 4.73. The van der Waals surface area contributed by atoms with Crippen LogP contribution in [0, 0.1) is 6.92 Å². The highest BCUT2D eigenvalue weighted by molar-refractivity contribution is 5.88. The maximum absolute atomic E-state index is 11.7. The summed E-state index contributed by atoms with van der Waals surface area (Å²) in [6, 6.07) is 8.22. The number of rotatable bonds is 5. The summed E-state index contributed by atoms with van der Waals surface area (Å²) in [4.78, 5) is 11.7. The molecule has 2 rings (SSSR count). The minimum atomic E-state index is -0.427. The zero-order valence-electron chi connectivity index (χ0n) is 12.1. The first-order valence-electron chi connectivity index (χ1n) is 6.72. The van der Waals surface area contributed by atoms with Crippen LogP contribution in [-0.2, 0) is 17.7 Å². The van der Waals surface area contributed by atoms with E-state index in [0.29, 0.717) is 12.2 Å². The molecule has 1 aromatic carbocycles. The Hall–Kier alpha value is -2.17. The number of nitrogens with zero attached hydrogens (tertiary/aromatic N) is 3. The summed E-state index contributed by atoms with van der Waals surface area (Å²) in [5.41, 5.74) is 3.50. The number of carbonyl (C=O) groups is 1. The third-order valence-electron chi connectivity index (χ3n) is 3.12. The molecule has 1 aromatic heterocycles. The third-order valence-corrected chi connectivity index (χ3v) is 3.12. The Morgan fingerprint density at radius 3 is 2.85 bits per heavy atom. The van der Waals surface area contributed by atoms with Crippen molar-refractivity contribution in [3.05, 3.63) is 46.8 Å². The predicted octanol–water partition coefficient (Wildman–Crippen LogP) is 2.37. The van der Waals surface area contributed by atoms with Crippen molar-refractivity contribution in [2.24, 2.45) is 0 Å². The van der Waals surface area contributed by atoms with Crippen molar-refractivity contribution < 1.29 is 9.53 Å². The minimum absolute atomic E-state index is 0.321. The molecule has 0 spiro atoms. The second-order valence-corrected chi connectivity index (χ2v) is 4.77. The zero-order valence-corrected chi connectivity index (χ0v) is 12.1. The van der Waals surface area contributed by atoms with Gasteiger partial charge in [0.05, 0.1) is 19.3 Å². The van der Waals surface area contributed by atoms with Gasteiger partial charge in [-0.2, -0.15) is 0 Å². The number of aromatic nitrogens is 3. The Bertz CT molecular complexity index is 605. The fraction of sp³-hybridized carbons (Fsp3) is 0.400. The van der Waals surface area contributed by atoms with E-state index < -0.39 is 5.97 Å². The molecule has 0 amide bonds. The van der Waals surface area contributed by atoms with Crippen molar-refractivity contribution >= 4 is 5.97 Å². The van der Waals surface area contributed by atoms with Crippen LogP contribution in [0.5, 0.6) is 0 Å². The van der Waals surface area contributed by atoms with Crippen molar-refractivity contribution in [3.63, 3.8) is 0 Å². The Labute approximate surface area is 118 Å². The summed E-state index contributed by atoms with van der Waals surface area (Å²) in [7, 11) is 1.36. The van der Waals surface area contributed by atoms with E-state index in [1.807, 2.05) is 12.1 Å². The van der Waals surface area contributed by atoms with Gasteiger partial charge in [0.15, 0.2) is 5.69 Å². The molecule has 0 fully saturated rings. The molecule has 0 radical (unpaired) electrons. The van der Waals surface area contributed by atoms with E-state index in [1.165, 1.54) is 12.7 Å². The van der Waals surface area contributed by atoms with Gasteiger partial charge in [0.1, 0.15) is 0 Å². The SMILES string of the molecule is CCCc1c(C(=O)OC)nnn1Cc1cccc(C)c1. The van der Waals surface area contributed by atoms with Crippen LogP contribution in [-0.4, -0.2) is 28.1 Å². The average Bonchev–Trinajstić information content (AvgIpc) is 2.82. The fourth-order valence-corrected chi connectivity index (χ4v) is 2.18. The van der Waals surface area contributed by atoms with Crippen molar-refractivity contribution in [2.45, 2.75) is 33.2 Å². The minimum Gasteiger partial charge on any atom is -0.464 e. The fourth-order valence-electron chi connectivity index (χ4n) is 2.18. The highest BCUT2D eigenvalue weighted by Gasteiger charge is 2.19. The number of methoxy groups -OCH3 is 1. The zero-order chi connectivity index (χ0) is 14.5. The first-order chi connectivity index (χ1) is 9.65. The van der Waals surface area contributed by atoms with Gasteiger partial charge in [-0.05, 0) is 18.9 Å². The highest BCUT2D eigenvalue weighted by Crippen LogP contribution is 2.13. The van der Waals surface area contributed by atoms with Gasteiger partial charge >= 0.3 is 5.97 Å². The Morgan fingerprint density at radius 2 is 2.20 bits per heavy atom. The number of esters is 1. The Balaban J connectivity index is 2.31. The third kappa shape index (κ3) is 3.04. The normalized spacial score (nSPS) is 10.6. The molecule has 0 N–H and O–H groups in total. The van der Waals surface area contributed by atoms with Gasteiger partial charge in [-0.15, -0.1) is 5.10 Å². The van der Waals surface area contributed by atoms with Gasteiger partial charge in [-0.25, -0.2) is 9.48 Å². The molecule has 0 saturated carbocycles. The van der Waals surface area contributed by atoms with Crippen LogP contribution in [0.25, 0.3) is 0 Å². The van der Waals surface area contributed by atoms with Gasteiger partial charge in [0.25, 0.3) is 0 Å². The monoisotopic (exact) mass is 273 g/mol. The summed E-state index contributed by atoms with van der Waals surface area (Å²) >= 11 is 0. The molecule has 0 aliphatic heterocycles. The molecule has 0 unspecified atom stereocenters. The lowest BCUT2D eigenvalue weighted by atomic mass is 10.1. The van der Waals surface area contributed by atoms with Crippen molar-refractivity contribution in [2.75, 3.05) is 7.11 Å². The van der Waals surface area contributed by atoms with E-state index in [4.69, 9.17) is 4.74 Å². The van der Waals surface area contributed by atoms with Crippen molar-refractivity contribution in [1.29, 1.82) is 0 Å². The van der Waals surface area contributed by atoms with Crippen LogP contribution in [0.3, 0.4) is 0 Å². The molecule has 0 atom stereocenters. The molecule has 0 saturated heterocycles. The van der Waals surface area contributed by atoms with E-state index in [2.05, 4.69) is 36.3 Å². The molecule has 0 bridgehead atoms. The molecule has 106 valence electrons. The van der Waals surface area contributed by atoms with E-state index in [1.54, 1.807) is 4.68 Å². The largest absolute Gasteiger partial charge is 0.464 e. The van der Waals surface area contributed by atoms with E-state index in [9.17, 15) is 4.79 Å². The quantitative estimate of drug-likeness (QED) is 0.785. The van der Waals surface area contributed by atoms with Crippen LogP contribution in [0.4, 0.5) is 0 Å². The van der Waals surface area contributed by atoms with Gasteiger partial charge < -0.3 is 4.74 Å². The number of ether oxygens (including phenoxy) is 1. The molecule has 0 aliphatic rings. The predicted molar refractivity (Wildman–Crippen MR) is 75.6 cm³/mol. The van der Waals surface area contributed by atoms with Gasteiger partial charge in [-0.1, -0.05) is 48.4 Å². The number of carbonyl (C=O) groups excluding carboxylic acids is 1. The standard InChI is InChI=1S/C15H19N3O2/c1-4-6-13-14(15(19)20-3)16-17-18(13)10-12-8-5-7-11(2)9-12/h5,7-9H,4,6,10H2,1-3H3. The van der Waals surface area contributed by atoms with Gasteiger partial charge in [0, 0.05) is 0 Å². The van der Waals surface area contributed by atoms with Crippen LogP contribution >= 0.6 is 0 Å². The Kier molecular flexibility index (Phi) is 4.50. The number of aryl methyl sites for hydroxylation is 1. The van der Waals surface area contributed by atoms with E-state index in [-0.39, 0.29) is 0 Å². The van der Waals surface area contributed by atoms with Crippen LogP contribution < -0.4 is 0 Å². The second kappa shape index (κ2) is 6.32. The molecular weight excluding hydrogens is 254 g/mol. The summed E-state index contributed by atoms with van der Waals surface area (Å²) in [5, 5.41) is 8.06. The summed E-state index contributed by atoms with van der Waals surface area (Å²) < 4.78 is 6.53. The topological polar surface area (TPSA) is 57.0 Å². The molecular formula is C15H19N3O2. The Morgan fingerprint density at radius 1 is 1.40 bits per heavy atom. The van der Waals surface area contributed by atoms with Crippen molar-refractivity contribution in [3.8, 4) is 0 Å². The maximum atomic E-state index is 11.7. The lowest BCUT2D eigenvalue weighted by molar-refractivity contribution is 0.0592. The smallest absolute Gasteiger partial charge is 0.360 e. The first kappa shape index (κ1) is 14.2. The molecule has 1 heterocycles. The van der Waals surface area contributed by atoms with Crippen molar-refractivity contribution in [1.82, 2.24) is 15.0 Å². The molecule has 5 nitrogen and oxygen atoms in total. The molecule has 2 aromatic rings. The van der Waals surface area contributed by atoms with Gasteiger partial charge in [-0.3, -0.25) is 0 Å². The molecule has 0 aliphatic carbocycles. The summed E-state index contributed by atoms with van der Waals surface area (Å²) in [5.74, 6) is -0.427. The van der Waals surface area contributed by atoms with Crippen LogP contribution in [0.15, 0.2) is 24.3 Å². The highest BCUT2D eigenvalue weighted by atomic mass is 16.5.